The maximum absolute atomic E-state index is 11.8. The van der Waals surface area contributed by atoms with Gasteiger partial charge in [-0.1, -0.05) is 17.7 Å². The SMILES string of the molecule is Cc1ccc(NC(=O)CCCCNC(=O)[C@H]2CCCN2)cc1. The van der Waals surface area contributed by atoms with E-state index in [4.69, 9.17) is 0 Å². The Labute approximate surface area is 131 Å². The molecule has 5 heteroatoms. The van der Waals surface area contributed by atoms with E-state index in [0.29, 0.717) is 13.0 Å². The molecule has 0 radical (unpaired) electrons. The van der Waals surface area contributed by atoms with E-state index in [-0.39, 0.29) is 17.9 Å². The molecule has 0 unspecified atom stereocenters. The lowest BCUT2D eigenvalue weighted by atomic mass is 10.2. The van der Waals surface area contributed by atoms with Crippen molar-refractivity contribution in [3.8, 4) is 0 Å². The van der Waals surface area contributed by atoms with Gasteiger partial charge in [0.15, 0.2) is 0 Å². The molecule has 1 atom stereocenters. The molecule has 0 bridgehead atoms. The van der Waals surface area contributed by atoms with Crippen LogP contribution >= 0.6 is 0 Å². The second-order valence-electron chi connectivity index (χ2n) is 5.81. The van der Waals surface area contributed by atoms with Gasteiger partial charge in [-0.2, -0.15) is 0 Å². The molecule has 1 aliphatic rings. The molecule has 120 valence electrons. The minimum atomic E-state index is -0.0233. The van der Waals surface area contributed by atoms with Gasteiger partial charge in [0.25, 0.3) is 0 Å². The number of hydrogen-bond donors (Lipinski definition) is 3. The standard InChI is InChI=1S/C17H25N3O2/c1-13-7-9-14(10-8-13)20-16(21)6-2-3-11-19-17(22)15-5-4-12-18-15/h7-10,15,18H,2-6,11-12H2,1H3,(H,19,22)(H,20,21)/t15-/m1/s1. The van der Waals surface area contributed by atoms with E-state index >= 15 is 0 Å². The highest BCUT2D eigenvalue weighted by Crippen LogP contribution is 2.09. The van der Waals surface area contributed by atoms with Gasteiger partial charge in [-0.15, -0.1) is 0 Å². The Kier molecular flexibility index (Phi) is 6.40. The van der Waals surface area contributed by atoms with Crippen LogP contribution in [0, 0.1) is 6.92 Å². The van der Waals surface area contributed by atoms with Crippen LogP contribution < -0.4 is 16.0 Å². The number of unbranched alkanes of at least 4 members (excludes halogenated alkanes) is 1. The first-order valence-electron chi connectivity index (χ1n) is 8.03. The molecule has 1 aromatic rings. The largest absolute Gasteiger partial charge is 0.355 e. The zero-order chi connectivity index (χ0) is 15.8. The Morgan fingerprint density at radius 3 is 2.68 bits per heavy atom. The lowest BCUT2D eigenvalue weighted by molar-refractivity contribution is -0.122. The Hall–Kier alpha value is -1.88. The summed E-state index contributed by atoms with van der Waals surface area (Å²) in [5.41, 5.74) is 2.00. The summed E-state index contributed by atoms with van der Waals surface area (Å²) in [6, 6.07) is 7.74. The topological polar surface area (TPSA) is 70.2 Å². The number of carbonyl (C=O) groups excluding carboxylic acids is 2. The smallest absolute Gasteiger partial charge is 0.237 e. The van der Waals surface area contributed by atoms with Crippen molar-refractivity contribution < 1.29 is 9.59 Å². The maximum atomic E-state index is 11.8. The lowest BCUT2D eigenvalue weighted by Crippen LogP contribution is -2.40. The summed E-state index contributed by atoms with van der Waals surface area (Å²) in [5, 5.41) is 8.97. The molecule has 3 N–H and O–H groups in total. The van der Waals surface area contributed by atoms with Crippen LogP contribution in [0.4, 0.5) is 5.69 Å². The van der Waals surface area contributed by atoms with Crippen LogP contribution in [0.15, 0.2) is 24.3 Å². The Morgan fingerprint density at radius 1 is 1.23 bits per heavy atom. The van der Waals surface area contributed by atoms with Crippen LogP contribution in [0.2, 0.25) is 0 Å². The second kappa shape index (κ2) is 8.54. The molecule has 22 heavy (non-hydrogen) atoms. The lowest BCUT2D eigenvalue weighted by Gasteiger charge is -2.10. The minimum Gasteiger partial charge on any atom is -0.355 e. The predicted molar refractivity (Wildman–Crippen MR) is 87.7 cm³/mol. The first kappa shape index (κ1) is 16.5. The third-order valence-electron chi connectivity index (χ3n) is 3.84. The highest BCUT2D eigenvalue weighted by molar-refractivity contribution is 5.90. The van der Waals surface area contributed by atoms with Crippen LogP contribution in [0.25, 0.3) is 0 Å². The van der Waals surface area contributed by atoms with Crippen molar-refractivity contribution in [3.63, 3.8) is 0 Å². The zero-order valence-corrected chi connectivity index (χ0v) is 13.2. The van der Waals surface area contributed by atoms with Crippen LogP contribution in [0.5, 0.6) is 0 Å². The molecule has 1 aromatic carbocycles. The number of anilines is 1. The van der Waals surface area contributed by atoms with Crippen LogP contribution in [-0.4, -0.2) is 30.9 Å². The second-order valence-corrected chi connectivity index (χ2v) is 5.81. The van der Waals surface area contributed by atoms with Crippen LogP contribution in [0.1, 0.15) is 37.7 Å². The highest BCUT2D eigenvalue weighted by atomic mass is 16.2. The summed E-state index contributed by atoms with van der Waals surface area (Å²) in [4.78, 5) is 23.6. The monoisotopic (exact) mass is 303 g/mol. The van der Waals surface area contributed by atoms with Crippen molar-refractivity contribution in [2.24, 2.45) is 0 Å². The first-order valence-corrected chi connectivity index (χ1v) is 8.03. The number of aryl methyl sites for hydroxylation is 1. The van der Waals surface area contributed by atoms with Crippen LogP contribution in [-0.2, 0) is 9.59 Å². The average Bonchev–Trinajstić information content (AvgIpc) is 3.03. The van der Waals surface area contributed by atoms with Crippen molar-refractivity contribution in [1.82, 2.24) is 10.6 Å². The van der Waals surface area contributed by atoms with Gasteiger partial charge < -0.3 is 16.0 Å². The number of nitrogens with one attached hydrogen (secondary N) is 3. The summed E-state index contributed by atoms with van der Waals surface area (Å²) in [6.45, 7) is 3.58. The van der Waals surface area contributed by atoms with Crippen molar-refractivity contribution in [2.75, 3.05) is 18.4 Å². The van der Waals surface area contributed by atoms with Gasteiger partial charge in [0.05, 0.1) is 6.04 Å². The van der Waals surface area contributed by atoms with Crippen molar-refractivity contribution >= 4 is 17.5 Å². The van der Waals surface area contributed by atoms with Gasteiger partial charge in [-0.05, 0) is 51.3 Å². The average molecular weight is 303 g/mol. The van der Waals surface area contributed by atoms with Gasteiger partial charge in [0.1, 0.15) is 0 Å². The van der Waals surface area contributed by atoms with Gasteiger partial charge in [-0.25, -0.2) is 0 Å². The van der Waals surface area contributed by atoms with E-state index in [1.54, 1.807) is 0 Å². The quantitative estimate of drug-likeness (QED) is 0.675. The summed E-state index contributed by atoms with van der Waals surface area (Å²) in [7, 11) is 0. The Bertz CT molecular complexity index is 493. The molecular weight excluding hydrogens is 278 g/mol. The molecule has 2 rings (SSSR count). The molecule has 0 aromatic heterocycles. The number of rotatable bonds is 7. The van der Waals surface area contributed by atoms with E-state index < -0.39 is 0 Å². The summed E-state index contributed by atoms with van der Waals surface area (Å²) in [6.07, 6.45) is 4.06. The summed E-state index contributed by atoms with van der Waals surface area (Å²) >= 11 is 0. The normalized spacial score (nSPS) is 17.2. The number of carbonyl (C=O) groups is 2. The Morgan fingerprint density at radius 2 is 2.00 bits per heavy atom. The van der Waals surface area contributed by atoms with Crippen LogP contribution in [0.3, 0.4) is 0 Å². The molecule has 0 saturated carbocycles. The molecule has 1 saturated heterocycles. The molecule has 1 fully saturated rings. The van der Waals surface area contributed by atoms with E-state index in [1.165, 1.54) is 5.56 Å². The van der Waals surface area contributed by atoms with Crippen molar-refractivity contribution in [3.05, 3.63) is 29.8 Å². The highest BCUT2D eigenvalue weighted by Gasteiger charge is 2.21. The summed E-state index contributed by atoms with van der Waals surface area (Å²) in [5.74, 6) is 0.106. The van der Waals surface area contributed by atoms with Gasteiger partial charge in [0.2, 0.25) is 11.8 Å². The van der Waals surface area contributed by atoms with E-state index in [2.05, 4.69) is 16.0 Å². The third-order valence-corrected chi connectivity index (χ3v) is 3.84. The fourth-order valence-electron chi connectivity index (χ4n) is 2.51. The molecule has 5 nitrogen and oxygen atoms in total. The fourth-order valence-corrected chi connectivity index (χ4v) is 2.51. The zero-order valence-electron chi connectivity index (χ0n) is 13.2. The van der Waals surface area contributed by atoms with Crippen molar-refractivity contribution in [1.29, 1.82) is 0 Å². The molecule has 0 aliphatic carbocycles. The third kappa shape index (κ3) is 5.48. The van der Waals surface area contributed by atoms with Gasteiger partial charge >= 0.3 is 0 Å². The molecule has 0 spiro atoms. The Balaban J connectivity index is 1.55. The first-order chi connectivity index (χ1) is 10.6. The predicted octanol–water partition coefficient (Wildman–Crippen LogP) is 1.97. The van der Waals surface area contributed by atoms with Crippen molar-refractivity contribution in [2.45, 2.75) is 45.1 Å². The van der Waals surface area contributed by atoms with E-state index in [9.17, 15) is 9.59 Å². The molecular formula is C17H25N3O2. The molecule has 1 heterocycles. The summed E-state index contributed by atoms with van der Waals surface area (Å²) < 4.78 is 0. The number of benzene rings is 1. The maximum Gasteiger partial charge on any atom is 0.237 e. The number of amides is 2. The van der Waals surface area contributed by atoms with E-state index in [1.807, 2.05) is 31.2 Å². The molecule has 1 aliphatic heterocycles. The number of hydrogen-bond acceptors (Lipinski definition) is 3. The van der Waals surface area contributed by atoms with Gasteiger partial charge in [0, 0.05) is 18.7 Å². The fraction of sp³-hybridized carbons (Fsp3) is 0.529. The minimum absolute atomic E-state index is 0.0210. The van der Waals surface area contributed by atoms with Gasteiger partial charge in [-0.3, -0.25) is 9.59 Å². The van der Waals surface area contributed by atoms with E-state index in [0.717, 1.165) is 37.9 Å². The molecule has 2 amide bonds.